The zero-order valence-corrected chi connectivity index (χ0v) is 32.9. The molecule has 0 radical (unpaired) electrons. The highest BCUT2D eigenvalue weighted by molar-refractivity contribution is 6.31. The quantitative estimate of drug-likeness (QED) is 0.161. The molecule has 2 heterocycles. The van der Waals surface area contributed by atoms with Crippen molar-refractivity contribution in [3.8, 4) is 22.5 Å². The highest BCUT2D eigenvalue weighted by atomic mass is 35.5. The first-order chi connectivity index (χ1) is 26.7. The van der Waals surface area contributed by atoms with Gasteiger partial charge in [-0.1, -0.05) is 83.9 Å². The van der Waals surface area contributed by atoms with Gasteiger partial charge in [0.1, 0.15) is 0 Å². The lowest BCUT2D eigenvalue weighted by Crippen LogP contribution is -2.39. The van der Waals surface area contributed by atoms with Gasteiger partial charge in [0.25, 0.3) is 11.8 Å². The Morgan fingerprint density at radius 2 is 0.909 bits per heavy atom. The molecular weight excluding hydrogens is 723 g/mol. The van der Waals surface area contributed by atoms with E-state index in [2.05, 4.69) is 10.6 Å². The molecule has 280 valence electrons. The van der Waals surface area contributed by atoms with E-state index < -0.39 is 0 Å². The number of nitrogens with zero attached hydrogens (tertiary/aromatic N) is 2. The van der Waals surface area contributed by atoms with E-state index in [1.165, 1.54) is 6.42 Å². The number of fused-ring (bicyclic) bond motifs is 2. The Kier molecular flexibility index (Phi) is 10.9. The smallest absolute Gasteiger partial charge is 0.252 e. The molecule has 4 aromatic carbocycles. The van der Waals surface area contributed by atoms with Crippen LogP contribution in [0.25, 0.3) is 44.3 Å². The number of pyridine rings is 2. The molecule has 2 aliphatic rings. The number of carbonyl (C=O) groups is 2. The van der Waals surface area contributed by atoms with Crippen molar-refractivity contribution >= 4 is 56.8 Å². The van der Waals surface area contributed by atoms with E-state index in [9.17, 15) is 9.59 Å². The number of halogens is 2. The van der Waals surface area contributed by atoms with Crippen LogP contribution < -0.4 is 10.6 Å². The first kappa shape index (κ1) is 37.2. The number of hydrogen-bond acceptors (Lipinski definition) is 4. The summed E-state index contributed by atoms with van der Waals surface area (Å²) in [7, 11) is 0. The van der Waals surface area contributed by atoms with Gasteiger partial charge in [0.2, 0.25) is 0 Å². The number of benzene rings is 4. The number of nitrogens with one attached hydrogen (secondary N) is 2. The second-order valence-electron chi connectivity index (χ2n) is 15.6. The molecule has 2 aromatic heterocycles. The molecular formula is C47H46Cl2N4O2. The van der Waals surface area contributed by atoms with Gasteiger partial charge in [-0.15, -0.1) is 0 Å². The summed E-state index contributed by atoms with van der Waals surface area (Å²) in [6, 6.07) is 31.4. The number of carbonyl (C=O) groups excluding carboxylic acids is 2. The van der Waals surface area contributed by atoms with Crippen LogP contribution in [0.2, 0.25) is 10.0 Å². The van der Waals surface area contributed by atoms with Crippen LogP contribution in [-0.2, 0) is 0 Å². The topological polar surface area (TPSA) is 84.0 Å². The van der Waals surface area contributed by atoms with Crippen LogP contribution in [0.1, 0.15) is 89.6 Å². The summed E-state index contributed by atoms with van der Waals surface area (Å²) in [6.07, 6.45) is 9.68. The SMILES string of the molecule is Cc1c(-c2ccc(Cl)cc2)nc2ccccc2c1C(=O)NC1CCC(CC2CCC(NC(=O)c3c(C)c(-c4ccc(Cl)cc4)nc4ccccc34)CC2)CC1. The minimum Gasteiger partial charge on any atom is -0.349 e. The van der Waals surface area contributed by atoms with Crippen LogP contribution in [0, 0.1) is 25.7 Å². The van der Waals surface area contributed by atoms with Gasteiger partial charge in [-0.25, -0.2) is 9.97 Å². The molecule has 2 amide bonds. The molecule has 0 aliphatic heterocycles. The summed E-state index contributed by atoms with van der Waals surface area (Å²) in [6.45, 7) is 3.99. The maximum atomic E-state index is 14.0. The third kappa shape index (κ3) is 7.99. The highest BCUT2D eigenvalue weighted by Gasteiger charge is 2.30. The van der Waals surface area contributed by atoms with Crippen molar-refractivity contribution in [2.75, 3.05) is 0 Å². The van der Waals surface area contributed by atoms with Crippen molar-refractivity contribution in [3.05, 3.63) is 129 Å². The predicted octanol–water partition coefficient (Wildman–Crippen LogP) is 11.7. The average Bonchev–Trinajstić information content (AvgIpc) is 3.19. The fourth-order valence-electron chi connectivity index (χ4n) is 9.05. The van der Waals surface area contributed by atoms with Gasteiger partial charge in [-0.2, -0.15) is 0 Å². The Morgan fingerprint density at radius 1 is 0.545 bits per heavy atom. The predicted molar refractivity (Wildman–Crippen MR) is 225 cm³/mol. The van der Waals surface area contributed by atoms with Gasteiger partial charge in [0, 0.05) is 44.0 Å². The molecule has 2 aliphatic carbocycles. The normalized spacial score (nSPS) is 20.0. The molecule has 6 nitrogen and oxygen atoms in total. The van der Waals surface area contributed by atoms with E-state index in [0.717, 1.165) is 107 Å². The number of hydrogen-bond donors (Lipinski definition) is 2. The second-order valence-corrected chi connectivity index (χ2v) is 16.5. The Hall–Kier alpha value is -4.78. The van der Waals surface area contributed by atoms with Crippen molar-refractivity contribution < 1.29 is 9.59 Å². The van der Waals surface area contributed by atoms with Crippen LogP contribution in [0.4, 0.5) is 0 Å². The zero-order valence-electron chi connectivity index (χ0n) is 31.4. The van der Waals surface area contributed by atoms with E-state index in [0.29, 0.717) is 33.0 Å². The van der Waals surface area contributed by atoms with Crippen molar-refractivity contribution in [1.29, 1.82) is 0 Å². The largest absolute Gasteiger partial charge is 0.349 e. The summed E-state index contributed by atoms with van der Waals surface area (Å²) in [5.74, 6) is 1.29. The minimum atomic E-state index is -0.0220. The van der Waals surface area contributed by atoms with Gasteiger partial charge in [0.15, 0.2) is 0 Å². The lowest BCUT2D eigenvalue weighted by molar-refractivity contribution is 0.0919. The van der Waals surface area contributed by atoms with Gasteiger partial charge < -0.3 is 10.6 Å². The minimum absolute atomic E-state index is 0.0220. The third-order valence-electron chi connectivity index (χ3n) is 12.0. The monoisotopic (exact) mass is 768 g/mol. The molecule has 0 saturated heterocycles. The molecule has 2 saturated carbocycles. The van der Waals surface area contributed by atoms with E-state index in [1.54, 1.807) is 0 Å². The number of rotatable bonds is 8. The third-order valence-corrected chi connectivity index (χ3v) is 12.5. The van der Waals surface area contributed by atoms with Crippen LogP contribution in [0.5, 0.6) is 0 Å². The Bertz CT molecular complexity index is 2190. The summed E-state index contributed by atoms with van der Waals surface area (Å²) < 4.78 is 0. The Labute approximate surface area is 333 Å². The number of para-hydroxylation sites is 2. The number of aromatic nitrogens is 2. The van der Waals surface area contributed by atoms with Crippen molar-refractivity contribution in [1.82, 2.24) is 20.6 Å². The van der Waals surface area contributed by atoms with Crippen LogP contribution in [-0.4, -0.2) is 33.9 Å². The van der Waals surface area contributed by atoms with Gasteiger partial charge in [0.05, 0.1) is 33.5 Å². The molecule has 0 bridgehead atoms. The highest BCUT2D eigenvalue weighted by Crippen LogP contribution is 2.37. The molecule has 0 unspecified atom stereocenters. The standard InChI is InChI=1S/C47H46Cl2N4O2/c1-28-42(38-7-3-5-9-40(38)52-44(28)32-15-19-34(48)20-16-32)46(54)50-36-23-11-30(12-24-36)27-31-13-25-37(26-14-31)51-47(55)43-29(2)45(33-17-21-35(49)22-18-33)53-41-10-6-4-8-39(41)43/h3-10,15-22,30-31,36-37H,11-14,23-27H2,1-2H3,(H,50,54)(H,51,55). The molecule has 55 heavy (non-hydrogen) atoms. The van der Waals surface area contributed by atoms with E-state index in [4.69, 9.17) is 33.2 Å². The van der Waals surface area contributed by atoms with Crippen LogP contribution in [0.3, 0.4) is 0 Å². The molecule has 0 atom stereocenters. The van der Waals surface area contributed by atoms with Gasteiger partial charge in [-0.3, -0.25) is 9.59 Å². The van der Waals surface area contributed by atoms with Crippen molar-refractivity contribution in [2.45, 2.75) is 83.7 Å². The number of amides is 2. The summed E-state index contributed by atoms with van der Waals surface area (Å²) >= 11 is 12.3. The maximum Gasteiger partial charge on any atom is 0.252 e. The van der Waals surface area contributed by atoms with E-state index in [-0.39, 0.29) is 23.9 Å². The molecule has 8 rings (SSSR count). The molecule has 8 heteroatoms. The maximum absolute atomic E-state index is 14.0. The van der Waals surface area contributed by atoms with Gasteiger partial charge in [-0.05, 0) is 131 Å². The molecule has 6 aromatic rings. The summed E-state index contributed by atoms with van der Waals surface area (Å²) in [5.41, 5.74) is 8.30. The molecule has 0 spiro atoms. The fraction of sp³-hybridized carbons (Fsp3) is 0.319. The molecule has 2 N–H and O–H groups in total. The Balaban J connectivity index is 0.862. The summed E-state index contributed by atoms with van der Waals surface area (Å²) in [4.78, 5) is 37.8. The average molecular weight is 770 g/mol. The van der Waals surface area contributed by atoms with Crippen LogP contribution in [0.15, 0.2) is 97.1 Å². The first-order valence-electron chi connectivity index (χ1n) is 19.6. The first-order valence-corrected chi connectivity index (χ1v) is 20.4. The molecule has 2 fully saturated rings. The van der Waals surface area contributed by atoms with Crippen molar-refractivity contribution in [3.63, 3.8) is 0 Å². The zero-order chi connectivity index (χ0) is 38.1. The summed E-state index contributed by atoms with van der Waals surface area (Å²) in [5, 5.41) is 9.91. The lowest BCUT2D eigenvalue weighted by Gasteiger charge is -2.34. The fourth-order valence-corrected chi connectivity index (χ4v) is 9.30. The van der Waals surface area contributed by atoms with E-state index >= 15 is 0 Å². The Morgan fingerprint density at radius 3 is 1.29 bits per heavy atom. The van der Waals surface area contributed by atoms with Gasteiger partial charge >= 0.3 is 0 Å². The lowest BCUT2D eigenvalue weighted by atomic mass is 9.75. The van der Waals surface area contributed by atoms with E-state index in [1.807, 2.05) is 111 Å². The second kappa shape index (κ2) is 16.1. The van der Waals surface area contributed by atoms with Crippen molar-refractivity contribution in [2.24, 2.45) is 11.8 Å². The van der Waals surface area contributed by atoms with Crippen LogP contribution >= 0.6 is 23.2 Å².